The average Bonchev–Trinajstić information content (AvgIpc) is 2.94. The van der Waals surface area contributed by atoms with Crippen LogP contribution in [0.25, 0.3) is 11.4 Å². The Morgan fingerprint density at radius 1 is 1.50 bits per heavy atom. The van der Waals surface area contributed by atoms with Gasteiger partial charge in [0.15, 0.2) is 0 Å². The third-order valence-electron chi connectivity index (χ3n) is 3.48. The van der Waals surface area contributed by atoms with E-state index in [1.807, 2.05) is 29.2 Å². The predicted molar refractivity (Wildman–Crippen MR) is 72.9 cm³/mol. The molecular formula is C14H16N4O2. The highest BCUT2D eigenvalue weighted by Gasteiger charge is 2.22. The summed E-state index contributed by atoms with van der Waals surface area (Å²) >= 11 is 0. The van der Waals surface area contributed by atoms with E-state index in [0.717, 1.165) is 37.2 Å². The van der Waals surface area contributed by atoms with Crippen LogP contribution in [-0.2, 0) is 4.79 Å². The summed E-state index contributed by atoms with van der Waals surface area (Å²) in [4.78, 5) is 17.2. The summed E-state index contributed by atoms with van der Waals surface area (Å²) < 4.78 is 5.01. The van der Waals surface area contributed by atoms with E-state index in [1.54, 1.807) is 6.92 Å². The van der Waals surface area contributed by atoms with E-state index in [9.17, 15) is 4.79 Å². The van der Waals surface area contributed by atoms with E-state index in [2.05, 4.69) is 15.5 Å². The minimum Gasteiger partial charge on any atom is -0.339 e. The lowest BCUT2D eigenvalue weighted by Gasteiger charge is -2.33. The number of aryl methyl sites for hydroxylation is 1. The molecule has 1 unspecified atom stereocenters. The van der Waals surface area contributed by atoms with Crippen LogP contribution in [0.5, 0.6) is 0 Å². The molecule has 1 aromatic carbocycles. The fraction of sp³-hybridized carbons (Fsp3) is 0.357. The lowest BCUT2D eigenvalue weighted by Crippen LogP contribution is -2.45. The SMILES string of the molecule is Cc1nc(-c2cccc(C3CNCCN3C=O)c2)no1. The molecule has 0 saturated carbocycles. The number of rotatable bonds is 3. The molecule has 2 aromatic rings. The van der Waals surface area contributed by atoms with E-state index < -0.39 is 0 Å². The minimum atomic E-state index is 0.0502. The van der Waals surface area contributed by atoms with Gasteiger partial charge in [-0.05, 0) is 11.6 Å². The van der Waals surface area contributed by atoms with Crippen LogP contribution < -0.4 is 5.32 Å². The number of nitrogens with one attached hydrogen (secondary N) is 1. The molecule has 0 radical (unpaired) electrons. The maximum absolute atomic E-state index is 11.2. The Hall–Kier alpha value is -2.21. The average molecular weight is 272 g/mol. The Balaban J connectivity index is 1.92. The highest BCUT2D eigenvalue weighted by Crippen LogP contribution is 2.25. The molecule has 1 saturated heterocycles. The van der Waals surface area contributed by atoms with E-state index in [1.165, 1.54) is 0 Å². The molecule has 1 atom stereocenters. The highest BCUT2D eigenvalue weighted by molar-refractivity contribution is 5.57. The van der Waals surface area contributed by atoms with Crippen molar-refractivity contribution in [3.05, 3.63) is 35.7 Å². The predicted octanol–water partition coefficient (Wildman–Crippen LogP) is 1.15. The molecule has 1 aromatic heterocycles. The quantitative estimate of drug-likeness (QED) is 0.849. The third-order valence-corrected chi connectivity index (χ3v) is 3.48. The van der Waals surface area contributed by atoms with Gasteiger partial charge in [0, 0.05) is 32.1 Å². The zero-order valence-electron chi connectivity index (χ0n) is 11.2. The number of hydrogen-bond donors (Lipinski definition) is 1. The molecule has 1 aliphatic rings. The van der Waals surface area contributed by atoms with Crippen molar-refractivity contribution in [3.63, 3.8) is 0 Å². The van der Waals surface area contributed by atoms with Gasteiger partial charge in [-0.3, -0.25) is 4.79 Å². The summed E-state index contributed by atoms with van der Waals surface area (Å²) in [7, 11) is 0. The number of nitrogens with zero attached hydrogens (tertiary/aromatic N) is 3. The van der Waals surface area contributed by atoms with Crippen LogP contribution in [0.1, 0.15) is 17.5 Å². The smallest absolute Gasteiger partial charge is 0.223 e. The van der Waals surface area contributed by atoms with E-state index in [0.29, 0.717) is 11.7 Å². The van der Waals surface area contributed by atoms with Gasteiger partial charge >= 0.3 is 0 Å². The summed E-state index contributed by atoms with van der Waals surface area (Å²) in [5, 5.41) is 7.24. The van der Waals surface area contributed by atoms with Crippen LogP contribution in [0.3, 0.4) is 0 Å². The van der Waals surface area contributed by atoms with Crippen molar-refractivity contribution in [2.45, 2.75) is 13.0 Å². The first-order valence-electron chi connectivity index (χ1n) is 6.60. The summed E-state index contributed by atoms with van der Waals surface area (Å²) in [6.07, 6.45) is 0.913. The van der Waals surface area contributed by atoms with Crippen molar-refractivity contribution in [1.29, 1.82) is 0 Å². The number of amides is 1. The summed E-state index contributed by atoms with van der Waals surface area (Å²) in [6, 6.07) is 7.97. The largest absolute Gasteiger partial charge is 0.339 e. The number of carbonyl (C=O) groups excluding carboxylic acids is 1. The van der Waals surface area contributed by atoms with Gasteiger partial charge in [-0.2, -0.15) is 4.98 Å². The second-order valence-corrected chi connectivity index (χ2v) is 4.83. The third kappa shape index (κ3) is 2.42. The van der Waals surface area contributed by atoms with Crippen LogP contribution in [0.15, 0.2) is 28.8 Å². The van der Waals surface area contributed by atoms with Gasteiger partial charge in [0.2, 0.25) is 18.1 Å². The van der Waals surface area contributed by atoms with Gasteiger partial charge in [0.25, 0.3) is 0 Å². The summed E-state index contributed by atoms with van der Waals surface area (Å²) in [5.41, 5.74) is 1.97. The molecule has 1 amide bonds. The molecular weight excluding hydrogens is 256 g/mol. The zero-order chi connectivity index (χ0) is 13.9. The number of piperazine rings is 1. The van der Waals surface area contributed by atoms with Gasteiger partial charge in [0.1, 0.15) is 0 Å². The molecule has 20 heavy (non-hydrogen) atoms. The summed E-state index contributed by atoms with van der Waals surface area (Å²) in [5.74, 6) is 1.12. The normalized spacial score (nSPS) is 19.1. The van der Waals surface area contributed by atoms with Gasteiger partial charge in [-0.15, -0.1) is 0 Å². The molecule has 0 aliphatic carbocycles. The Morgan fingerprint density at radius 2 is 2.40 bits per heavy atom. The fourth-order valence-corrected chi connectivity index (χ4v) is 2.46. The zero-order valence-corrected chi connectivity index (χ0v) is 11.2. The fourth-order valence-electron chi connectivity index (χ4n) is 2.46. The van der Waals surface area contributed by atoms with Crippen LogP contribution in [0, 0.1) is 6.92 Å². The topological polar surface area (TPSA) is 71.3 Å². The van der Waals surface area contributed by atoms with Crippen molar-refractivity contribution >= 4 is 6.41 Å². The molecule has 0 spiro atoms. The van der Waals surface area contributed by atoms with E-state index in [-0.39, 0.29) is 6.04 Å². The van der Waals surface area contributed by atoms with Gasteiger partial charge in [0.05, 0.1) is 6.04 Å². The Labute approximate surface area is 116 Å². The molecule has 1 N–H and O–H groups in total. The van der Waals surface area contributed by atoms with Crippen molar-refractivity contribution < 1.29 is 9.32 Å². The number of benzene rings is 1. The molecule has 2 heterocycles. The number of hydrogen-bond acceptors (Lipinski definition) is 5. The molecule has 1 fully saturated rings. The molecule has 6 nitrogen and oxygen atoms in total. The van der Waals surface area contributed by atoms with Gasteiger partial charge in [-0.1, -0.05) is 23.4 Å². The molecule has 104 valence electrons. The van der Waals surface area contributed by atoms with Crippen molar-refractivity contribution in [1.82, 2.24) is 20.4 Å². The first-order valence-corrected chi connectivity index (χ1v) is 6.60. The van der Waals surface area contributed by atoms with Gasteiger partial charge < -0.3 is 14.7 Å². The Morgan fingerprint density at radius 3 is 3.15 bits per heavy atom. The van der Waals surface area contributed by atoms with Crippen LogP contribution >= 0.6 is 0 Å². The lowest BCUT2D eigenvalue weighted by molar-refractivity contribution is -0.121. The second-order valence-electron chi connectivity index (χ2n) is 4.83. The molecule has 1 aliphatic heterocycles. The second kappa shape index (κ2) is 5.42. The molecule has 3 rings (SSSR count). The molecule has 6 heteroatoms. The highest BCUT2D eigenvalue weighted by atomic mass is 16.5. The first-order chi connectivity index (χ1) is 9.78. The standard InChI is InChI=1S/C14H16N4O2/c1-10-16-14(17-20-10)12-4-2-3-11(7-12)13-8-15-5-6-18(13)9-19/h2-4,7,9,13,15H,5-6,8H2,1H3. The van der Waals surface area contributed by atoms with Crippen molar-refractivity contribution in [2.24, 2.45) is 0 Å². The minimum absolute atomic E-state index is 0.0502. The first kappa shape index (κ1) is 12.8. The number of aromatic nitrogens is 2. The van der Waals surface area contributed by atoms with Gasteiger partial charge in [-0.25, -0.2) is 0 Å². The van der Waals surface area contributed by atoms with Crippen molar-refractivity contribution in [3.8, 4) is 11.4 Å². The number of carbonyl (C=O) groups is 1. The Bertz CT molecular complexity index is 611. The lowest BCUT2D eigenvalue weighted by atomic mass is 10.0. The van der Waals surface area contributed by atoms with E-state index in [4.69, 9.17) is 4.52 Å². The van der Waals surface area contributed by atoms with Crippen molar-refractivity contribution in [2.75, 3.05) is 19.6 Å². The maximum Gasteiger partial charge on any atom is 0.223 e. The monoisotopic (exact) mass is 272 g/mol. The van der Waals surface area contributed by atoms with Crippen LogP contribution in [0.4, 0.5) is 0 Å². The van der Waals surface area contributed by atoms with Crippen LogP contribution in [0.2, 0.25) is 0 Å². The van der Waals surface area contributed by atoms with Crippen LogP contribution in [-0.4, -0.2) is 41.1 Å². The Kier molecular flexibility index (Phi) is 3.47. The van der Waals surface area contributed by atoms with E-state index >= 15 is 0 Å². The maximum atomic E-state index is 11.2. The summed E-state index contributed by atoms with van der Waals surface area (Å²) in [6.45, 7) is 4.08. The molecule has 0 bridgehead atoms.